The van der Waals surface area contributed by atoms with Crippen LogP contribution in [-0.2, 0) is 11.2 Å². The van der Waals surface area contributed by atoms with E-state index in [0.717, 1.165) is 0 Å². The number of ketones is 1. The Kier molecular flexibility index (Phi) is 5.80. The van der Waals surface area contributed by atoms with Gasteiger partial charge in [0, 0.05) is 17.0 Å². The van der Waals surface area contributed by atoms with Crippen molar-refractivity contribution in [2.75, 3.05) is 7.11 Å². The molecule has 0 aromatic heterocycles. The third kappa shape index (κ3) is 4.05. The first-order valence-electron chi connectivity index (χ1n) is 6.74. The Morgan fingerprint density at radius 1 is 1.17 bits per heavy atom. The third-order valence-electron chi connectivity index (χ3n) is 3.23. The molecule has 2 rings (SSSR count). The van der Waals surface area contributed by atoms with Crippen molar-refractivity contribution in [1.29, 1.82) is 0 Å². The topological polar surface area (TPSA) is 70.8 Å². The number of halogens is 2. The zero-order valence-electron chi connectivity index (χ0n) is 12.5. The second kappa shape index (κ2) is 7.82. The van der Waals surface area contributed by atoms with Crippen molar-refractivity contribution < 1.29 is 14.3 Å². The Morgan fingerprint density at radius 3 is 2.42 bits per heavy atom. The predicted octanol–water partition coefficient (Wildman–Crippen LogP) is 4.38. The van der Waals surface area contributed by atoms with Crippen molar-refractivity contribution in [3.8, 4) is 6.07 Å². The van der Waals surface area contributed by atoms with E-state index in [4.69, 9.17) is 23.2 Å². The lowest BCUT2D eigenvalue weighted by Crippen LogP contribution is -2.06. The molecule has 24 heavy (non-hydrogen) atoms. The Labute approximate surface area is 148 Å². The van der Waals surface area contributed by atoms with Gasteiger partial charge in [-0.1, -0.05) is 35.3 Å². The Morgan fingerprint density at radius 2 is 1.83 bits per heavy atom. The monoisotopic (exact) mass is 363 g/mol. The molecule has 122 valence electrons. The van der Waals surface area contributed by atoms with Gasteiger partial charge >= 0.3 is 12.0 Å². The summed E-state index contributed by atoms with van der Waals surface area (Å²) in [6.07, 6.45) is 0.0518. The van der Waals surface area contributed by atoms with E-state index in [1.807, 2.05) is 0 Å². The van der Waals surface area contributed by atoms with Crippen molar-refractivity contribution in [3.05, 3.63) is 78.9 Å². The number of carbonyl (C=O) groups is 2. The number of hydrogen-bond acceptors (Lipinski definition) is 4. The molecule has 0 spiro atoms. The summed E-state index contributed by atoms with van der Waals surface area (Å²) in [6, 6.07) is 11.5. The van der Waals surface area contributed by atoms with Gasteiger partial charge in [0.25, 0.3) is 0 Å². The van der Waals surface area contributed by atoms with Gasteiger partial charge in [0.1, 0.15) is 5.56 Å². The second-order valence-corrected chi connectivity index (χ2v) is 5.62. The first kappa shape index (κ1) is 17.8. The molecule has 0 N–H and O–H groups in total. The summed E-state index contributed by atoms with van der Waals surface area (Å²) < 4.78 is 4.65. The molecule has 0 amide bonds. The molecule has 0 heterocycles. The zero-order valence-corrected chi connectivity index (χ0v) is 14.0. The van der Waals surface area contributed by atoms with Gasteiger partial charge in [0.2, 0.25) is 0 Å². The lowest BCUT2D eigenvalue weighted by molar-refractivity contribution is 0.0600. The predicted molar refractivity (Wildman–Crippen MR) is 92.0 cm³/mol. The molecule has 0 aliphatic carbocycles. The number of hydrogen-bond donors (Lipinski definition) is 0. The van der Waals surface area contributed by atoms with E-state index in [2.05, 4.69) is 15.8 Å². The largest absolute Gasteiger partial charge is 0.498 e. The van der Waals surface area contributed by atoms with E-state index >= 15 is 0 Å². The van der Waals surface area contributed by atoms with Crippen LogP contribution in [0.5, 0.6) is 0 Å². The minimum absolute atomic E-state index is 0.0518. The average Bonchev–Trinajstić information content (AvgIpc) is 2.57. The number of benzene rings is 2. The van der Waals surface area contributed by atoms with Crippen molar-refractivity contribution in [3.63, 3.8) is 0 Å². The summed E-state index contributed by atoms with van der Waals surface area (Å²) in [5, 5.41) is 13.0. The molecule has 2 aromatic rings. The van der Waals surface area contributed by atoms with Crippen LogP contribution in [0, 0.1) is 11.3 Å². The Hall–Kier alpha value is -2.55. The molecular weight excluding hydrogens is 353 g/mol. The van der Waals surface area contributed by atoms with Crippen LogP contribution >= 0.6 is 23.2 Å². The van der Waals surface area contributed by atoms with Crippen molar-refractivity contribution in [2.24, 2.45) is 0 Å². The fraction of sp³-hybridized carbons (Fsp3) is 0.118. The summed E-state index contributed by atoms with van der Waals surface area (Å²) >= 11 is 12.0. The first-order chi connectivity index (χ1) is 11.5. The molecule has 7 heteroatoms. The SMILES string of the molecule is COC(=O)c1cccc(CC(=O)c2cc(Cl)c(C#[N+][O-])c(Cl)c2)c1. The van der Waals surface area contributed by atoms with Crippen LogP contribution in [0.4, 0.5) is 0 Å². The number of carbonyl (C=O) groups excluding carboxylic acids is 2. The standard InChI is InChI=1S/C17H11Cl2NO4/c1-24-17(22)11-4-2-3-10(5-11)6-16(21)12-7-14(18)13(9-20-23)15(19)8-12/h2-5,7-8H,6H2,1H3. The molecule has 2 aromatic carbocycles. The number of nitrogens with zero attached hydrogens (tertiary/aromatic N) is 1. The number of Topliss-reactive ketones (excluding diaryl/α,β-unsaturated/α-hetero) is 1. The van der Waals surface area contributed by atoms with Crippen LogP contribution in [-0.4, -0.2) is 18.9 Å². The van der Waals surface area contributed by atoms with Crippen LogP contribution in [0.15, 0.2) is 36.4 Å². The molecule has 5 nitrogen and oxygen atoms in total. The van der Waals surface area contributed by atoms with Crippen LogP contribution in [0.1, 0.15) is 31.8 Å². The summed E-state index contributed by atoms with van der Waals surface area (Å²) in [6.45, 7) is 0. The molecule has 0 saturated heterocycles. The maximum absolute atomic E-state index is 12.4. The normalized spacial score (nSPS) is 9.79. The van der Waals surface area contributed by atoms with E-state index in [1.54, 1.807) is 24.3 Å². The van der Waals surface area contributed by atoms with E-state index in [1.165, 1.54) is 19.2 Å². The second-order valence-electron chi connectivity index (χ2n) is 4.81. The Balaban J connectivity index is 2.27. The summed E-state index contributed by atoms with van der Waals surface area (Å²) in [5.74, 6) is -0.724. The lowest BCUT2D eigenvalue weighted by Gasteiger charge is -2.06. The van der Waals surface area contributed by atoms with Gasteiger partial charge in [-0.05, 0) is 29.8 Å². The highest BCUT2D eigenvalue weighted by molar-refractivity contribution is 6.37. The molecule has 0 radical (unpaired) electrons. The van der Waals surface area contributed by atoms with E-state index in [-0.39, 0.29) is 33.4 Å². The number of rotatable bonds is 4. The van der Waals surface area contributed by atoms with E-state index < -0.39 is 5.97 Å². The third-order valence-corrected chi connectivity index (χ3v) is 3.83. The van der Waals surface area contributed by atoms with Crippen LogP contribution in [0.3, 0.4) is 0 Å². The molecule has 0 atom stereocenters. The van der Waals surface area contributed by atoms with Crippen molar-refractivity contribution >= 4 is 35.0 Å². The summed E-state index contributed by atoms with van der Waals surface area (Å²) in [7, 11) is 1.29. The van der Waals surface area contributed by atoms with Gasteiger partial charge in [0.05, 0.1) is 22.7 Å². The highest BCUT2D eigenvalue weighted by Crippen LogP contribution is 2.26. The van der Waals surface area contributed by atoms with Gasteiger partial charge in [-0.15, -0.1) is 0 Å². The Bertz CT molecular complexity index is 845. The minimum atomic E-state index is -0.479. The fourth-order valence-electron chi connectivity index (χ4n) is 2.10. The highest BCUT2D eigenvalue weighted by Gasteiger charge is 2.16. The molecule has 0 aliphatic rings. The summed E-state index contributed by atoms with van der Waals surface area (Å²) in [4.78, 5) is 23.9. The fourth-order valence-corrected chi connectivity index (χ4v) is 2.67. The zero-order chi connectivity index (χ0) is 17.7. The molecule has 0 unspecified atom stereocenters. The van der Waals surface area contributed by atoms with Crippen molar-refractivity contribution in [2.45, 2.75) is 6.42 Å². The molecule has 0 saturated carbocycles. The molecule has 0 fully saturated rings. The lowest BCUT2D eigenvalue weighted by atomic mass is 10.0. The minimum Gasteiger partial charge on any atom is -0.498 e. The van der Waals surface area contributed by atoms with Crippen molar-refractivity contribution in [1.82, 2.24) is 0 Å². The van der Waals surface area contributed by atoms with Gasteiger partial charge < -0.3 is 9.94 Å². The van der Waals surface area contributed by atoms with E-state index in [0.29, 0.717) is 11.1 Å². The number of esters is 1. The maximum Gasteiger partial charge on any atom is 0.339 e. The van der Waals surface area contributed by atoms with Crippen LogP contribution in [0.2, 0.25) is 10.0 Å². The first-order valence-corrected chi connectivity index (χ1v) is 7.49. The van der Waals surface area contributed by atoms with Gasteiger partial charge in [-0.25, -0.2) is 4.79 Å². The summed E-state index contributed by atoms with van der Waals surface area (Å²) in [5.41, 5.74) is 1.42. The molecule has 0 aliphatic heterocycles. The maximum atomic E-state index is 12.4. The van der Waals surface area contributed by atoms with Gasteiger partial charge in [-0.2, -0.15) is 0 Å². The van der Waals surface area contributed by atoms with Gasteiger partial charge in [0.15, 0.2) is 5.78 Å². The molecular formula is C17H11Cl2NO4. The highest BCUT2D eigenvalue weighted by atomic mass is 35.5. The molecule has 0 bridgehead atoms. The van der Waals surface area contributed by atoms with Crippen LogP contribution in [0.25, 0.3) is 5.01 Å². The number of ether oxygens (including phenoxy) is 1. The van der Waals surface area contributed by atoms with Crippen LogP contribution < -0.4 is 0 Å². The van der Waals surface area contributed by atoms with Gasteiger partial charge in [-0.3, -0.25) is 4.79 Å². The van der Waals surface area contributed by atoms with E-state index in [9.17, 15) is 14.8 Å². The quantitative estimate of drug-likeness (QED) is 0.459. The smallest absolute Gasteiger partial charge is 0.339 e. The number of methoxy groups -OCH3 is 1. The average molecular weight is 364 g/mol.